The predicted molar refractivity (Wildman–Crippen MR) is 21.6 cm³/mol. The van der Waals surface area contributed by atoms with Crippen LogP contribution < -0.4 is 0 Å². The maximum absolute atomic E-state index is 9.20. The van der Waals surface area contributed by atoms with Crippen LogP contribution in [-0.4, -0.2) is 36.0 Å². The number of carboxylic acids is 1. The number of carboxylic acid groups (broad SMARTS) is 1. The van der Waals surface area contributed by atoms with E-state index in [2.05, 4.69) is 0 Å². The zero-order valence-corrected chi connectivity index (χ0v) is 3.40. The molecule has 3 N–H and O–H groups in total. The molecule has 0 spiro atoms. The van der Waals surface area contributed by atoms with Gasteiger partial charge in [0.25, 0.3) is 6.29 Å². The van der Waals surface area contributed by atoms with E-state index in [1.165, 1.54) is 0 Å². The summed E-state index contributed by atoms with van der Waals surface area (Å²) in [6.45, 7) is 0. The van der Waals surface area contributed by atoms with Gasteiger partial charge in [-0.3, -0.25) is 0 Å². The van der Waals surface area contributed by atoms with E-state index in [9.17, 15) is 4.79 Å². The molecule has 0 rings (SSSR count). The maximum atomic E-state index is 9.20. The summed E-state index contributed by atoms with van der Waals surface area (Å²) in [5.41, 5.74) is 0. The number of aliphatic hydroxyl groups is 2. The minimum absolute atomic E-state index is 0. The van der Waals surface area contributed by atoms with Crippen LogP contribution in [0.4, 0.5) is 0 Å². The van der Waals surface area contributed by atoms with Gasteiger partial charge in [-0.2, -0.15) is 0 Å². The lowest BCUT2D eigenvalue weighted by molar-refractivity contribution is -0.165. The third kappa shape index (κ3) is 5.45. The highest BCUT2D eigenvalue weighted by molar-refractivity contribution is 5.75. The summed E-state index contributed by atoms with van der Waals surface area (Å²) in [6.07, 6.45) is -2.23. The molecular weight excluding hydrogens is 98.8 g/mol. The van der Waals surface area contributed by atoms with Crippen LogP contribution >= 0.6 is 0 Å². The summed E-state index contributed by atoms with van der Waals surface area (Å²) in [4.78, 5) is 9.20. The Morgan fingerprint density at radius 3 is 1.57 bits per heavy atom. The Labute approximate surface area is 42.0 Å². The van der Waals surface area contributed by atoms with Gasteiger partial charge in [0.1, 0.15) is 0 Å². The third-order valence-corrected chi connectivity index (χ3v) is 0.221. The largest absolute Gasteiger partial charge is 0.477 e. The van der Waals surface area contributed by atoms with Crippen LogP contribution in [0.25, 0.3) is 0 Å². The Hall–Kier alpha value is -0.545. The van der Waals surface area contributed by atoms with Crippen molar-refractivity contribution < 1.29 is 20.1 Å². The Morgan fingerprint density at radius 1 is 1.43 bits per heavy atom. The fraction of sp³-hybridized carbons (Fsp3) is 0.500. The van der Waals surface area contributed by atoms with E-state index >= 15 is 0 Å². The van der Waals surface area contributed by atoms with Crippen molar-refractivity contribution in [3.63, 3.8) is 0 Å². The summed E-state index contributed by atoms with van der Waals surface area (Å²) < 4.78 is 0. The molecule has 7 heavy (non-hydrogen) atoms. The molecule has 0 heterocycles. The Bertz CT molecular complexity index is 60.7. The first kappa shape index (κ1) is 9.68. The van der Waals surface area contributed by atoms with E-state index in [0.29, 0.717) is 0 Å². The molecule has 0 aliphatic heterocycles. The molecule has 5 heteroatoms. The summed E-state index contributed by atoms with van der Waals surface area (Å²) in [5.74, 6) is -1.63. The molecule has 0 aliphatic rings. The molecule has 0 saturated carbocycles. The van der Waals surface area contributed by atoms with Crippen LogP contribution in [0.3, 0.4) is 0 Å². The molecule has 3 radical (unpaired) electrons. The maximum Gasteiger partial charge on any atom is 0.360 e. The Kier molecular flexibility index (Phi) is 5.03. The van der Waals surface area contributed by atoms with Crippen molar-refractivity contribution in [3.05, 3.63) is 0 Å². The molecule has 0 aromatic rings. The molecule has 0 saturated heterocycles. The van der Waals surface area contributed by atoms with Crippen molar-refractivity contribution in [2.45, 2.75) is 6.29 Å². The van der Waals surface area contributed by atoms with Crippen molar-refractivity contribution in [2.24, 2.45) is 0 Å². The van der Waals surface area contributed by atoms with Gasteiger partial charge >= 0.3 is 5.97 Å². The van der Waals surface area contributed by atoms with Crippen molar-refractivity contribution >= 4 is 14.4 Å². The molecule has 0 amide bonds. The highest BCUT2D eigenvalue weighted by Crippen LogP contribution is 1.67. The first-order chi connectivity index (χ1) is 2.64. The van der Waals surface area contributed by atoms with Crippen LogP contribution in [0, 0.1) is 0 Å². The number of hydrogen-bond donors (Lipinski definition) is 3. The van der Waals surface area contributed by atoms with E-state index in [-0.39, 0.29) is 8.41 Å². The Morgan fingerprint density at radius 2 is 1.57 bits per heavy atom. The highest BCUT2D eigenvalue weighted by atomic mass is 16.5. The standard InChI is InChI=1S/C2H4O4.B/c3-1(4)2(5)6;/h1,3-4H,(H,5,6);. The molecule has 0 aliphatic carbocycles. The summed E-state index contributed by atoms with van der Waals surface area (Å²) in [6, 6.07) is 0. The number of carbonyl (C=O) groups is 1. The molecule has 0 aromatic carbocycles. The van der Waals surface area contributed by atoms with E-state index in [1.54, 1.807) is 0 Å². The number of rotatable bonds is 1. The monoisotopic (exact) mass is 103 g/mol. The second-order valence-corrected chi connectivity index (χ2v) is 0.712. The smallest absolute Gasteiger partial charge is 0.360 e. The van der Waals surface area contributed by atoms with Gasteiger partial charge in [-0.25, -0.2) is 4.79 Å². The summed E-state index contributed by atoms with van der Waals surface area (Å²) >= 11 is 0. The van der Waals surface area contributed by atoms with Crippen LogP contribution in [-0.2, 0) is 4.79 Å². The molecular formula is C2H4BO4. The minimum atomic E-state index is -2.23. The summed E-state index contributed by atoms with van der Waals surface area (Å²) in [5, 5.41) is 22.7. The van der Waals surface area contributed by atoms with E-state index in [1.807, 2.05) is 0 Å². The van der Waals surface area contributed by atoms with Crippen LogP contribution in [0.2, 0.25) is 0 Å². The molecule has 0 aromatic heterocycles. The SMILES string of the molecule is O=C(O)C(O)O.[B]. The van der Waals surface area contributed by atoms with Gasteiger partial charge in [0.2, 0.25) is 0 Å². The molecule has 0 unspecified atom stereocenters. The van der Waals surface area contributed by atoms with Gasteiger partial charge in [-0.05, 0) is 0 Å². The van der Waals surface area contributed by atoms with Gasteiger partial charge < -0.3 is 15.3 Å². The van der Waals surface area contributed by atoms with Crippen LogP contribution in [0.5, 0.6) is 0 Å². The second-order valence-electron chi connectivity index (χ2n) is 0.712. The van der Waals surface area contributed by atoms with Crippen molar-refractivity contribution in [2.75, 3.05) is 0 Å². The zero-order chi connectivity index (χ0) is 5.15. The topological polar surface area (TPSA) is 77.8 Å². The quantitative estimate of drug-likeness (QED) is 0.265. The van der Waals surface area contributed by atoms with Gasteiger partial charge in [-0.1, -0.05) is 0 Å². The fourth-order valence-corrected chi connectivity index (χ4v) is 0. The van der Waals surface area contributed by atoms with Gasteiger partial charge in [0.05, 0.1) is 0 Å². The third-order valence-electron chi connectivity index (χ3n) is 0.221. The van der Waals surface area contributed by atoms with Gasteiger partial charge in [0, 0.05) is 8.41 Å². The number of aliphatic hydroxyl groups excluding tert-OH is 1. The van der Waals surface area contributed by atoms with E-state index < -0.39 is 12.3 Å². The second kappa shape index (κ2) is 3.64. The molecule has 0 fully saturated rings. The van der Waals surface area contributed by atoms with Crippen LogP contribution in [0.1, 0.15) is 0 Å². The van der Waals surface area contributed by atoms with E-state index in [4.69, 9.17) is 15.3 Å². The average molecular weight is 103 g/mol. The molecule has 0 bridgehead atoms. The van der Waals surface area contributed by atoms with E-state index in [0.717, 1.165) is 0 Å². The molecule has 39 valence electrons. The van der Waals surface area contributed by atoms with Crippen molar-refractivity contribution in [1.29, 1.82) is 0 Å². The molecule has 4 nitrogen and oxygen atoms in total. The van der Waals surface area contributed by atoms with Gasteiger partial charge in [-0.15, -0.1) is 0 Å². The van der Waals surface area contributed by atoms with Crippen LogP contribution in [0.15, 0.2) is 0 Å². The molecule has 0 atom stereocenters. The summed E-state index contributed by atoms with van der Waals surface area (Å²) in [7, 11) is 0. The minimum Gasteiger partial charge on any atom is -0.477 e. The predicted octanol–water partition coefficient (Wildman–Crippen LogP) is -2.00. The van der Waals surface area contributed by atoms with Gasteiger partial charge in [0.15, 0.2) is 0 Å². The lowest BCUT2D eigenvalue weighted by Gasteiger charge is -1.88. The number of aliphatic carboxylic acids is 1. The van der Waals surface area contributed by atoms with Crippen molar-refractivity contribution in [1.82, 2.24) is 0 Å². The average Bonchev–Trinajstić information content (AvgIpc) is 1.36. The van der Waals surface area contributed by atoms with Crippen molar-refractivity contribution in [3.8, 4) is 0 Å². The highest BCUT2D eigenvalue weighted by Gasteiger charge is 2.04. The number of hydrogen-bond acceptors (Lipinski definition) is 3. The normalized spacial score (nSPS) is 7.86. The lowest BCUT2D eigenvalue weighted by atomic mass is 10.7. The Balaban J connectivity index is 0. The fourth-order valence-electron chi connectivity index (χ4n) is 0. The lowest BCUT2D eigenvalue weighted by Crippen LogP contribution is -2.17. The first-order valence-corrected chi connectivity index (χ1v) is 1.23. The zero-order valence-electron chi connectivity index (χ0n) is 3.40. The first-order valence-electron chi connectivity index (χ1n) is 1.23.